The Morgan fingerprint density at radius 2 is 1.62 bits per heavy atom. The van der Waals surface area contributed by atoms with Gasteiger partial charge in [0.1, 0.15) is 11.5 Å². The van der Waals surface area contributed by atoms with Crippen molar-refractivity contribution < 1.29 is 14.3 Å². The summed E-state index contributed by atoms with van der Waals surface area (Å²) in [6.07, 6.45) is 0. The lowest BCUT2D eigenvalue weighted by molar-refractivity contribution is 0.102. The van der Waals surface area contributed by atoms with Crippen molar-refractivity contribution in [2.24, 2.45) is 0 Å². The lowest BCUT2D eigenvalue weighted by atomic mass is 10.2. The van der Waals surface area contributed by atoms with Gasteiger partial charge in [-0.15, -0.1) is 10.2 Å². The van der Waals surface area contributed by atoms with Gasteiger partial charge in [0.15, 0.2) is 5.01 Å². The molecule has 1 aromatic heterocycles. The Morgan fingerprint density at radius 3 is 2.38 bits per heavy atom. The summed E-state index contributed by atoms with van der Waals surface area (Å²) in [4.78, 5) is 12.4. The minimum atomic E-state index is -0.335. The van der Waals surface area contributed by atoms with Gasteiger partial charge in [-0.1, -0.05) is 35.6 Å². The maximum atomic E-state index is 12.4. The number of amides is 1. The fourth-order valence-electron chi connectivity index (χ4n) is 2.17. The van der Waals surface area contributed by atoms with Crippen LogP contribution in [0.2, 0.25) is 0 Å². The molecule has 6 nitrogen and oxygen atoms in total. The molecule has 0 unspecified atom stereocenters. The summed E-state index contributed by atoms with van der Waals surface area (Å²) in [5, 5.41) is 11.7. The molecule has 3 aromatic rings. The zero-order valence-corrected chi connectivity index (χ0v) is 14.0. The van der Waals surface area contributed by atoms with Crippen molar-refractivity contribution in [2.75, 3.05) is 19.5 Å². The molecule has 1 amide bonds. The Balaban J connectivity index is 1.84. The number of para-hydroxylation sites is 3. The van der Waals surface area contributed by atoms with Crippen molar-refractivity contribution in [1.82, 2.24) is 10.2 Å². The first kappa shape index (κ1) is 15.9. The van der Waals surface area contributed by atoms with Gasteiger partial charge in [0.2, 0.25) is 5.01 Å². The van der Waals surface area contributed by atoms with Gasteiger partial charge in [-0.05, 0) is 24.3 Å². The van der Waals surface area contributed by atoms with Crippen molar-refractivity contribution in [3.8, 4) is 22.1 Å². The first-order valence-electron chi connectivity index (χ1n) is 7.14. The second-order valence-electron chi connectivity index (χ2n) is 4.77. The molecule has 0 saturated heterocycles. The number of methoxy groups -OCH3 is 2. The van der Waals surface area contributed by atoms with E-state index < -0.39 is 0 Å². The largest absolute Gasteiger partial charge is 0.496 e. The van der Waals surface area contributed by atoms with Crippen LogP contribution in [0.4, 0.5) is 5.69 Å². The molecule has 3 rings (SSSR count). The van der Waals surface area contributed by atoms with Crippen LogP contribution < -0.4 is 14.8 Å². The predicted octanol–water partition coefficient (Wildman–Crippen LogP) is 3.47. The molecule has 0 bridgehead atoms. The normalized spacial score (nSPS) is 10.2. The summed E-state index contributed by atoms with van der Waals surface area (Å²) in [7, 11) is 3.14. The lowest BCUT2D eigenvalue weighted by Crippen LogP contribution is -2.12. The smallest absolute Gasteiger partial charge is 0.286 e. The van der Waals surface area contributed by atoms with Crippen LogP contribution in [0.1, 0.15) is 9.80 Å². The van der Waals surface area contributed by atoms with E-state index in [-0.39, 0.29) is 10.9 Å². The highest BCUT2D eigenvalue weighted by Gasteiger charge is 2.17. The van der Waals surface area contributed by atoms with Crippen LogP contribution in [-0.2, 0) is 0 Å². The van der Waals surface area contributed by atoms with E-state index in [0.29, 0.717) is 22.2 Å². The fourth-order valence-corrected chi connectivity index (χ4v) is 2.94. The molecular formula is C17H15N3O3S. The predicted molar refractivity (Wildman–Crippen MR) is 92.8 cm³/mol. The highest BCUT2D eigenvalue weighted by atomic mass is 32.1. The van der Waals surface area contributed by atoms with E-state index in [1.807, 2.05) is 36.4 Å². The standard InChI is InChI=1S/C17H15N3O3S/c1-22-13-9-5-3-7-11(13)16-19-20-17(24-16)15(21)18-12-8-4-6-10-14(12)23-2/h3-10H,1-2H3,(H,18,21). The van der Waals surface area contributed by atoms with E-state index in [4.69, 9.17) is 9.47 Å². The number of carbonyl (C=O) groups is 1. The molecule has 122 valence electrons. The summed E-state index contributed by atoms with van der Waals surface area (Å²) in [5.41, 5.74) is 1.38. The molecule has 0 spiro atoms. The van der Waals surface area contributed by atoms with Crippen molar-refractivity contribution in [3.63, 3.8) is 0 Å². The number of hydrogen-bond donors (Lipinski definition) is 1. The van der Waals surface area contributed by atoms with Gasteiger partial charge in [-0.25, -0.2) is 0 Å². The van der Waals surface area contributed by atoms with Gasteiger partial charge in [0.05, 0.1) is 25.5 Å². The number of aromatic nitrogens is 2. The average Bonchev–Trinajstić information content (AvgIpc) is 3.12. The monoisotopic (exact) mass is 341 g/mol. The zero-order valence-electron chi connectivity index (χ0n) is 13.1. The zero-order chi connectivity index (χ0) is 16.9. The quantitative estimate of drug-likeness (QED) is 0.769. The molecule has 7 heteroatoms. The summed E-state index contributed by atoms with van der Waals surface area (Å²) < 4.78 is 10.5. The van der Waals surface area contributed by atoms with Crippen LogP contribution in [-0.4, -0.2) is 30.3 Å². The minimum Gasteiger partial charge on any atom is -0.496 e. The van der Waals surface area contributed by atoms with E-state index in [0.717, 1.165) is 5.56 Å². The second kappa shape index (κ2) is 7.10. The number of benzene rings is 2. The van der Waals surface area contributed by atoms with Crippen LogP contribution in [0.15, 0.2) is 48.5 Å². The molecule has 2 aromatic carbocycles. The third kappa shape index (κ3) is 3.21. The van der Waals surface area contributed by atoms with Gasteiger partial charge in [0.25, 0.3) is 5.91 Å². The van der Waals surface area contributed by atoms with Crippen molar-refractivity contribution in [3.05, 3.63) is 53.5 Å². The van der Waals surface area contributed by atoms with Crippen LogP contribution in [0.5, 0.6) is 11.5 Å². The van der Waals surface area contributed by atoms with Crippen LogP contribution in [0, 0.1) is 0 Å². The van der Waals surface area contributed by atoms with Crippen molar-refractivity contribution >= 4 is 22.9 Å². The fraction of sp³-hybridized carbons (Fsp3) is 0.118. The molecule has 0 aliphatic carbocycles. The van der Waals surface area contributed by atoms with Crippen molar-refractivity contribution in [1.29, 1.82) is 0 Å². The average molecular weight is 341 g/mol. The summed E-state index contributed by atoms with van der Waals surface area (Å²) >= 11 is 1.20. The molecule has 24 heavy (non-hydrogen) atoms. The molecule has 1 heterocycles. The maximum Gasteiger partial charge on any atom is 0.286 e. The summed E-state index contributed by atoms with van der Waals surface area (Å²) in [5.74, 6) is 0.934. The number of nitrogens with zero attached hydrogens (tertiary/aromatic N) is 2. The number of ether oxygens (including phenoxy) is 2. The molecule has 0 saturated carbocycles. The van der Waals surface area contributed by atoms with Crippen molar-refractivity contribution in [2.45, 2.75) is 0 Å². The first-order chi connectivity index (χ1) is 11.7. The van der Waals surface area contributed by atoms with E-state index in [2.05, 4.69) is 15.5 Å². The third-order valence-electron chi connectivity index (χ3n) is 3.31. The Morgan fingerprint density at radius 1 is 0.958 bits per heavy atom. The number of rotatable bonds is 5. The van der Waals surface area contributed by atoms with E-state index in [9.17, 15) is 4.79 Å². The lowest BCUT2D eigenvalue weighted by Gasteiger charge is -2.08. The number of nitrogens with one attached hydrogen (secondary N) is 1. The number of hydrogen-bond acceptors (Lipinski definition) is 6. The summed E-state index contributed by atoms with van der Waals surface area (Å²) in [6.45, 7) is 0. The van der Waals surface area contributed by atoms with Gasteiger partial charge in [-0.2, -0.15) is 0 Å². The molecule has 1 N–H and O–H groups in total. The summed E-state index contributed by atoms with van der Waals surface area (Å²) in [6, 6.07) is 14.7. The van der Waals surface area contributed by atoms with Crippen LogP contribution in [0.3, 0.4) is 0 Å². The topological polar surface area (TPSA) is 73.3 Å². The molecular weight excluding hydrogens is 326 g/mol. The minimum absolute atomic E-state index is 0.266. The van der Waals surface area contributed by atoms with Crippen LogP contribution >= 0.6 is 11.3 Å². The number of carbonyl (C=O) groups excluding carboxylic acids is 1. The van der Waals surface area contributed by atoms with E-state index in [1.54, 1.807) is 26.4 Å². The number of anilines is 1. The van der Waals surface area contributed by atoms with Gasteiger partial charge in [-0.3, -0.25) is 4.79 Å². The van der Waals surface area contributed by atoms with E-state index in [1.165, 1.54) is 11.3 Å². The third-order valence-corrected chi connectivity index (χ3v) is 4.27. The highest BCUT2D eigenvalue weighted by Crippen LogP contribution is 2.32. The van der Waals surface area contributed by atoms with E-state index >= 15 is 0 Å². The highest BCUT2D eigenvalue weighted by molar-refractivity contribution is 7.16. The Hall–Kier alpha value is -2.93. The van der Waals surface area contributed by atoms with Crippen LogP contribution in [0.25, 0.3) is 10.6 Å². The SMILES string of the molecule is COc1ccccc1NC(=O)c1nnc(-c2ccccc2OC)s1. The maximum absolute atomic E-state index is 12.4. The Bertz CT molecular complexity index is 864. The molecule has 0 radical (unpaired) electrons. The molecule has 0 aliphatic rings. The van der Waals surface area contributed by atoms with Gasteiger partial charge >= 0.3 is 0 Å². The Labute approximate surface area is 143 Å². The molecule has 0 aliphatic heterocycles. The molecule has 0 fully saturated rings. The second-order valence-corrected chi connectivity index (χ2v) is 5.74. The van der Waals surface area contributed by atoms with Gasteiger partial charge in [0, 0.05) is 0 Å². The first-order valence-corrected chi connectivity index (χ1v) is 7.96. The molecule has 0 atom stereocenters. The Kier molecular flexibility index (Phi) is 4.72. The van der Waals surface area contributed by atoms with Gasteiger partial charge < -0.3 is 14.8 Å².